The van der Waals surface area contributed by atoms with Crippen LogP contribution in [0, 0.1) is 0 Å². The van der Waals surface area contributed by atoms with Gasteiger partial charge in [-0.2, -0.15) is 0 Å². The molecule has 0 heterocycles. The van der Waals surface area contributed by atoms with E-state index in [1.807, 2.05) is 31.2 Å². The molecule has 2 N–H and O–H groups in total. The van der Waals surface area contributed by atoms with Crippen molar-refractivity contribution in [3.8, 4) is 11.5 Å². The molecule has 0 radical (unpaired) electrons. The van der Waals surface area contributed by atoms with Crippen molar-refractivity contribution < 1.29 is 19.1 Å². The number of nitrogens with one attached hydrogen (secondary N) is 2. The smallest absolute Gasteiger partial charge is 0.262 e. The van der Waals surface area contributed by atoms with Gasteiger partial charge < -0.3 is 20.1 Å². The molecule has 3 aromatic carbocycles. The first kappa shape index (κ1) is 22.9. The molecule has 0 unspecified atom stereocenters. The number of rotatable bonds is 9. The van der Waals surface area contributed by atoms with Gasteiger partial charge in [0.25, 0.3) is 11.8 Å². The Morgan fingerprint density at radius 1 is 0.844 bits per heavy atom. The van der Waals surface area contributed by atoms with Gasteiger partial charge in [-0.05, 0) is 60.9 Å². The molecule has 0 atom stereocenters. The predicted molar refractivity (Wildman–Crippen MR) is 127 cm³/mol. The van der Waals surface area contributed by atoms with Crippen LogP contribution < -0.4 is 20.1 Å². The summed E-state index contributed by atoms with van der Waals surface area (Å²) in [4.78, 5) is 25.3. The van der Waals surface area contributed by atoms with E-state index in [4.69, 9.17) is 9.47 Å². The molecular formula is C26H28N2O4. The summed E-state index contributed by atoms with van der Waals surface area (Å²) in [5.41, 5.74) is 2.45. The molecule has 0 spiro atoms. The highest BCUT2D eigenvalue weighted by Gasteiger charge is 2.15. The first-order chi connectivity index (χ1) is 15.5. The standard InChI is InChI=1S/C26H28N2O4/c1-4-31-20-15-13-19(14-16-20)27-26(30)22-10-5-7-11-23(22)28-25(29)17-32-24-12-8-6-9-21(24)18(2)3/h5-16,18H,4,17H2,1-3H3,(H,27,30)(H,28,29). The molecule has 166 valence electrons. The number of anilines is 2. The minimum atomic E-state index is -0.343. The third kappa shape index (κ3) is 6.11. The van der Waals surface area contributed by atoms with E-state index >= 15 is 0 Å². The zero-order chi connectivity index (χ0) is 22.9. The van der Waals surface area contributed by atoms with E-state index in [-0.39, 0.29) is 24.3 Å². The SMILES string of the molecule is CCOc1ccc(NC(=O)c2ccccc2NC(=O)COc2ccccc2C(C)C)cc1. The molecule has 0 aromatic heterocycles. The second kappa shape index (κ2) is 11.0. The van der Waals surface area contributed by atoms with E-state index in [0.717, 1.165) is 11.3 Å². The highest BCUT2D eigenvalue weighted by atomic mass is 16.5. The van der Waals surface area contributed by atoms with E-state index in [0.29, 0.717) is 29.3 Å². The van der Waals surface area contributed by atoms with Crippen LogP contribution in [0.15, 0.2) is 72.8 Å². The largest absolute Gasteiger partial charge is 0.494 e. The minimum Gasteiger partial charge on any atom is -0.494 e. The molecule has 32 heavy (non-hydrogen) atoms. The molecular weight excluding hydrogens is 404 g/mol. The monoisotopic (exact) mass is 432 g/mol. The molecule has 0 fully saturated rings. The van der Waals surface area contributed by atoms with Crippen LogP contribution in [0.5, 0.6) is 11.5 Å². The lowest BCUT2D eigenvalue weighted by molar-refractivity contribution is -0.118. The van der Waals surface area contributed by atoms with Crippen LogP contribution in [0.1, 0.15) is 42.6 Å². The Morgan fingerprint density at radius 3 is 2.25 bits per heavy atom. The predicted octanol–water partition coefficient (Wildman–Crippen LogP) is 5.48. The van der Waals surface area contributed by atoms with Gasteiger partial charge in [-0.25, -0.2) is 0 Å². The number of benzene rings is 3. The summed E-state index contributed by atoms with van der Waals surface area (Å²) in [6.45, 7) is 6.47. The van der Waals surface area contributed by atoms with Gasteiger partial charge in [0.05, 0.1) is 17.9 Å². The second-order valence-corrected chi connectivity index (χ2v) is 7.49. The molecule has 6 heteroatoms. The van der Waals surface area contributed by atoms with Crippen LogP contribution in [0.2, 0.25) is 0 Å². The fourth-order valence-corrected chi connectivity index (χ4v) is 3.21. The fourth-order valence-electron chi connectivity index (χ4n) is 3.21. The lowest BCUT2D eigenvalue weighted by Crippen LogP contribution is -2.23. The van der Waals surface area contributed by atoms with Gasteiger partial charge in [0.2, 0.25) is 0 Å². The maximum absolute atomic E-state index is 12.8. The van der Waals surface area contributed by atoms with Gasteiger partial charge >= 0.3 is 0 Å². The number of amides is 2. The molecule has 3 rings (SSSR count). The van der Waals surface area contributed by atoms with Gasteiger partial charge in [-0.1, -0.05) is 44.2 Å². The molecule has 6 nitrogen and oxygen atoms in total. The van der Waals surface area contributed by atoms with Gasteiger partial charge in [0.1, 0.15) is 11.5 Å². The number of ether oxygens (including phenoxy) is 2. The van der Waals surface area contributed by atoms with E-state index in [1.54, 1.807) is 48.5 Å². The van der Waals surface area contributed by atoms with Crippen LogP contribution >= 0.6 is 0 Å². The minimum absolute atomic E-state index is 0.154. The number of para-hydroxylation sites is 2. The Morgan fingerprint density at radius 2 is 1.53 bits per heavy atom. The average molecular weight is 433 g/mol. The Balaban J connectivity index is 1.64. The van der Waals surface area contributed by atoms with Crippen molar-refractivity contribution in [2.75, 3.05) is 23.8 Å². The first-order valence-electron chi connectivity index (χ1n) is 10.6. The van der Waals surface area contributed by atoms with Crippen molar-refractivity contribution in [3.05, 3.63) is 83.9 Å². The van der Waals surface area contributed by atoms with Gasteiger partial charge in [0, 0.05) is 5.69 Å². The molecule has 2 amide bonds. The summed E-state index contributed by atoms with van der Waals surface area (Å²) in [6, 6.07) is 21.6. The number of carbonyl (C=O) groups is 2. The third-order valence-electron chi connectivity index (χ3n) is 4.77. The van der Waals surface area contributed by atoms with Crippen LogP contribution in [0.4, 0.5) is 11.4 Å². The Labute approximate surface area is 188 Å². The van der Waals surface area contributed by atoms with Crippen LogP contribution in [0.3, 0.4) is 0 Å². The van der Waals surface area contributed by atoms with Crippen molar-refractivity contribution >= 4 is 23.2 Å². The third-order valence-corrected chi connectivity index (χ3v) is 4.77. The summed E-state index contributed by atoms with van der Waals surface area (Å²) in [7, 11) is 0. The molecule has 0 bridgehead atoms. The van der Waals surface area contributed by atoms with Gasteiger partial charge in [-0.3, -0.25) is 9.59 Å². The van der Waals surface area contributed by atoms with Gasteiger partial charge in [-0.15, -0.1) is 0 Å². The van der Waals surface area contributed by atoms with Crippen LogP contribution in [0.25, 0.3) is 0 Å². The van der Waals surface area contributed by atoms with Crippen molar-refractivity contribution in [2.45, 2.75) is 26.7 Å². The summed E-state index contributed by atoms with van der Waals surface area (Å²) in [6.07, 6.45) is 0. The molecule has 0 saturated heterocycles. The van der Waals surface area contributed by atoms with Crippen LogP contribution in [-0.4, -0.2) is 25.0 Å². The normalized spacial score (nSPS) is 10.5. The topological polar surface area (TPSA) is 76.7 Å². The van der Waals surface area contributed by atoms with E-state index < -0.39 is 0 Å². The maximum atomic E-state index is 12.8. The van der Waals surface area contributed by atoms with Crippen LogP contribution in [-0.2, 0) is 4.79 Å². The first-order valence-corrected chi connectivity index (χ1v) is 10.6. The Hall–Kier alpha value is -3.80. The average Bonchev–Trinajstić information content (AvgIpc) is 2.79. The Kier molecular flexibility index (Phi) is 7.86. The van der Waals surface area contributed by atoms with Gasteiger partial charge in [0.15, 0.2) is 6.61 Å². The van der Waals surface area contributed by atoms with Crippen molar-refractivity contribution in [1.82, 2.24) is 0 Å². The maximum Gasteiger partial charge on any atom is 0.262 e. The number of hydrogen-bond donors (Lipinski definition) is 2. The summed E-state index contributed by atoms with van der Waals surface area (Å²) >= 11 is 0. The highest BCUT2D eigenvalue weighted by Crippen LogP contribution is 2.26. The second-order valence-electron chi connectivity index (χ2n) is 7.49. The molecule has 0 aliphatic heterocycles. The van der Waals surface area contributed by atoms with E-state index in [2.05, 4.69) is 24.5 Å². The molecule has 0 aliphatic carbocycles. The van der Waals surface area contributed by atoms with Crippen molar-refractivity contribution in [3.63, 3.8) is 0 Å². The van der Waals surface area contributed by atoms with Crippen molar-refractivity contribution in [2.24, 2.45) is 0 Å². The summed E-state index contributed by atoms with van der Waals surface area (Å²) in [5.74, 6) is 1.03. The zero-order valence-corrected chi connectivity index (χ0v) is 18.6. The van der Waals surface area contributed by atoms with Crippen molar-refractivity contribution in [1.29, 1.82) is 0 Å². The zero-order valence-electron chi connectivity index (χ0n) is 18.6. The lowest BCUT2D eigenvalue weighted by atomic mass is 10.0. The molecule has 0 aliphatic rings. The summed E-state index contributed by atoms with van der Waals surface area (Å²) < 4.78 is 11.2. The fraction of sp³-hybridized carbons (Fsp3) is 0.231. The number of carbonyl (C=O) groups excluding carboxylic acids is 2. The Bertz CT molecular complexity index is 1060. The van der Waals surface area contributed by atoms with E-state index in [1.165, 1.54) is 0 Å². The highest BCUT2D eigenvalue weighted by molar-refractivity contribution is 6.10. The number of hydrogen-bond acceptors (Lipinski definition) is 4. The quantitative estimate of drug-likeness (QED) is 0.469. The molecule has 3 aromatic rings. The van der Waals surface area contributed by atoms with E-state index in [9.17, 15) is 9.59 Å². The molecule has 0 saturated carbocycles. The lowest BCUT2D eigenvalue weighted by Gasteiger charge is -2.15. The summed E-state index contributed by atoms with van der Waals surface area (Å²) in [5, 5.41) is 5.62.